The zero-order valence-corrected chi connectivity index (χ0v) is 15.5. The van der Waals surface area contributed by atoms with Gasteiger partial charge in [-0.15, -0.1) is 13.2 Å². The molecule has 1 saturated carbocycles. The van der Waals surface area contributed by atoms with Crippen LogP contribution in [-0.4, -0.2) is 29.2 Å². The monoisotopic (exact) mass is 413 g/mol. The minimum Gasteiger partial charge on any atom is -0.406 e. The molecule has 3 unspecified atom stereocenters. The first-order chi connectivity index (χ1) is 13.3. The van der Waals surface area contributed by atoms with Crippen molar-refractivity contribution in [2.75, 3.05) is 5.32 Å². The number of fused-ring (bicyclic) bond motifs is 2. The fourth-order valence-corrected chi connectivity index (χ4v) is 4.98. The maximum Gasteiger partial charge on any atom is 0.573 e. The van der Waals surface area contributed by atoms with Gasteiger partial charge in [-0.25, -0.2) is 4.98 Å². The smallest absolute Gasteiger partial charge is 0.406 e. The number of benzene rings is 1. The van der Waals surface area contributed by atoms with Gasteiger partial charge in [0.25, 0.3) is 0 Å². The maximum atomic E-state index is 12.8. The van der Waals surface area contributed by atoms with E-state index in [0.717, 1.165) is 37.0 Å². The number of rotatable bonds is 3. The highest BCUT2D eigenvalue weighted by Crippen LogP contribution is 2.37. The Kier molecular flexibility index (Phi) is 4.90. The lowest BCUT2D eigenvalue weighted by atomic mass is 9.72. The Morgan fingerprint density at radius 2 is 2.07 bits per heavy atom. The number of amides is 2. The molecule has 0 spiro atoms. The Balaban J connectivity index is 1.50. The third kappa shape index (κ3) is 4.06. The topological polar surface area (TPSA) is 80.3 Å². The van der Waals surface area contributed by atoms with Gasteiger partial charge in [-0.3, -0.25) is 9.59 Å². The number of halogens is 3. The van der Waals surface area contributed by atoms with Crippen LogP contribution in [0, 0.1) is 11.8 Å². The van der Waals surface area contributed by atoms with Gasteiger partial charge in [-0.2, -0.15) is 0 Å². The summed E-state index contributed by atoms with van der Waals surface area (Å²) in [5.74, 6) is -1.04. The number of aromatic nitrogens is 1. The number of carbonyl (C=O) groups excluding carboxylic acids is 2. The molecule has 1 aromatic heterocycles. The van der Waals surface area contributed by atoms with Gasteiger partial charge in [0, 0.05) is 18.5 Å². The molecule has 1 saturated heterocycles. The number of hydrogen-bond acceptors (Lipinski definition) is 5. The summed E-state index contributed by atoms with van der Waals surface area (Å²) in [6.45, 7) is 0. The third-order valence-corrected chi connectivity index (χ3v) is 6.18. The van der Waals surface area contributed by atoms with Crippen molar-refractivity contribution in [2.24, 2.45) is 11.8 Å². The van der Waals surface area contributed by atoms with Crippen LogP contribution < -0.4 is 15.4 Å². The van der Waals surface area contributed by atoms with E-state index < -0.39 is 12.3 Å². The van der Waals surface area contributed by atoms with Gasteiger partial charge in [-0.05, 0) is 30.9 Å². The number of thiazole rings is 1. The van der Waals surface area contributed by atoms with Crippen LogP contribution in [0.4, 0.5) is 18.3 Å². The van der Waals surface area contributed by atoms with Gasteiger partial charge < -0.3 is 15.4 Å². The van der Waals surface area contributed by atoms with Crippen molar-refractivity contribution >= 4 is 38.5 Å². The number of piperidine rings is 1. The highest BCUT2D eigenvalue weighted by molar-refractivity contribution is 7.22. The van der Waals surface area contributed by atoms with Gasteiger partial charge in [-0.1, -0.05) is 24.2 Å². The van der Waals surface area contributed by atoms with E-state index in [1.54, 1.807) is 0 Å². The summed E-state index contributed by atoms with van der Waals surface area (Å²) < 4.78 is 41.5. The van der Waals surface area contributed by atoms with Crippen LogP contribution in [0.25, 0.3) is 10.2 Å². The van der Waals surface area contributed by atoms with Crippen molar-refractivity contribution < 1.29 is 27.5 Å². The van der Waals surface area contributed by atoms with E-state index in [1.165, 1.54) is 18.2 Å². The molecule has 10 heteroatoms. The normalized spacial score (nSPS) is 25.1. The molecule has 3 atom stereocenters. The van der Waals surface area contributed by atoms with Crippen LogP contribution >= 0.6 is 11.3 Å². The summed E-state index contributed by atoms with van der Waals surface area (Å²) in [5, 5.41) is 6.02. The lowest BCUT2D eigenvalue weighted by molar-refractivity contribution is -0.274. The highest BCUT2D eigenvalue weighted by atomic mass is 32.1. The molecule has 1 aliphatic carbocycles. The summed E-state index contributed by atoms with van der Waals surface area (Å²) in [4.78, 5) is 29.0. The van der Waals surface area contributed by atoms with E-state index in [4.69, 9.17) is 0 Å². The molecule has 4 rings (SSSR count). The van der Waals surface area contributed by atoms with Crippen molar-refractivity contribution in [3.63, 3.8) is 0 Å². The van der Waals surface area contributed by atoms with Gasteiger partial charge in [0.05, 0.1) is 16.1 Å². The average Bonchev–Trinajstić information content (AvgIpc) is 3.00. The standard InChI is InChI=1S/C18H18F3N3O3S/c19-18(20,21)27-9-5-6-13-14(7-9)28-17(23-13)24-16(26)11-8-15(25)22-12-4-2-1-3-10(11)12/h5-7,10-12H,1-4,8H2,(H,22,25)(H,23,24,26). The Bertz CT molecular complexity index is 914. The number of ether oxygens (including phenoxy) is 1. The fourth-order valence-electron chi connectivity index (χ4n) is 4.08. The van der Waals surface area contributed by atoms with E-state index in [1.807, 2.05) is 0 Å². The summed E-state index contributed by atoms with van der Waals surface area (Å²) >= 11 is 1.07. The van der Waals surface area contributed by atoms with Crippen LogP contribution in [0.5, 0.6) is 5.75 Å². The molecule has 2 heterocycles. The van der Waals surface area contributed by atoms with Crippen LogP contribution in [0.15, 0.2) is 18.2 Å². The van der Waals surface area contributed by atoms with Crippen LogP contribution in [0.3, 0.4) is 0 Å². The first-order valence-electron chi connectivity index (χ1n) is 9.05. The first kappa shape index (κ1) is 19.0. The molecule has 150 valence electrons. The maximum absolute atomic E-state index is 12.8. The fraction of sp³-hybridized carbons (Fsp3) is 0.500. The number of anilines is 1. The summed E-state index contributed by atoms with van der Waals surface area (Å²) in [5.41, 5.74) is 0.465. The molecular weight excluding hydrogens is 395 g/mol. The lowest BCUT2D eigenvalue weighted by Crippen LogP contribution is -2.53. The molecule has 0 bridgehead atoms. The van der Waals surface area contributed by atoms with E-state index in [2.05, 4.69) is 20.4 Å². The van der Waals surface area contributed by atoms with Crippen LogP contribution in [0.2, 0.25) is 0 Å². The first-order valence-corrected chi connectivity index (χ1v) is 9.87. The molecule has 2 N–H and O–H groups in total. The number of hydrogen-bond donors (Lipinski definition) is 2. The zero-order chi connectivity index (χ0) is 19.9. The van der Waals surface area contributed by atoms with E-state index >= 15 is 0 Å². The summed E-state index contributed by atoms with van der Waals surface area (Å²) in [6, 6.07) is 3.86. The number of alkyl halides is 3. The van der Waals surface area contributed by atoms with Crippen molar-refractivity contribution in [3.05, 3.63) is 18.2 Å². The van der Waals surface area contributed by atoms with Crippen LogP contribution in [-0.2, 0) is 9.59 Å². The molecule has 2 aliphatic rings. The average molecular weight is 413 g/mol. The van der Waals surface area contributed by atoms with Gasteiger partial charge in [0.1, 0.15) is 5.75 Å². The van der Waals surface area contributed by atoms with E-state index in [0.29, 0.717) is 15.3 Å². The number of carbonyl (C=O) groups is 2. The lowest BCUT2D eigenvalue weighted by Gasteiger charge is -2.40. The highest BCUT2D eigenvalue weighted by Gasteiger charge is 2.41. The number of nitrogens with zero attached hydrogens (tertiary/aromatic N) is 1. The predicted molar refractivity (Wildman–Crippen MR) is 96.9 cm³/mol. The Labute approximate surface area is 162 Å². The summed E-state index contributed by atoms with van der Waals surface area (Å²) in [6.07, 6.45) is -0.792. The van der Waals surface area contributed by atoms with Gasteiger partial charge >= 0.3 is 6.36 Å². The third-order valence-electron chi connectivity index (χ3n) is 5.25. The minimum absolute atomic E-state index is 0.0307. The second kappa shape index (κ2) is 7.23. The predicted octanol–water partition coefficient (Wildman–Crippen LogP) is 3.83. The molecule has 2 fully saturated rings. The Hall–Kier alpha value is -2.36. The second-order valence-electron chi connectivity index (χ2n) is 7.12. The van der Waals surface area contributed by atoms with E-state index in [9.17, 15) is 22.8 Å². The molecule has 1 aliphatic heterocycles. The van der Waals surface area contributed by atoms with Crippen molar-refractivity contribution in [3.8, 4) is 5.75 Å². The zero-order valence-electron chi connectivity index (χ0n) is 14.7. The SMILES string of the molecule is O=C1CC(C(=O)Nc2nc3ccc(OC(F)(F)F)cc3s2)C2CCCCC2N1. The Morgan fingerprint density at radius 3 is 2.86 bits per heavy atom. The second-order valence-corrected chi connectivity index (χ2v) is 8.15. The molecule has 2 aromatic rings. The molecule has 6 nitrogen and oxygen atoms in total. The largest absolute Gasteiger partial charge is 0.573 e. The van der Waals surface area contributed by atoms with E-state index in [-0.39, 0.29) is 35.9 Å². The number of nitrogens with one attached hydrogen (secondary N) is 2. The quantitative estimate of drug-likeness (QED) is 0.802. The summed E-state index contributed by atoms with van der Waals surface area (Å²) in [7, 11) is 0. The van der Waals surface area contributed by atoms with Crippen LogP contribution in [0.1, 0.15) is 32.1 Å². The van der Waals surface area contributed by atoms with Crippen molar-refractivity contribution in [1.29, 1.82) is 0 Å². The van der Waals surface area contributed by atoms with Gasteiger partial charge in [0.2, 0.25) is 11.8 Å². The molecular formula is C18H18F3N3O3S. The van der Waals surface area contributed by atoms with Crippen molar-refractivity contribution in [2.45, 2.75) is 44.5 Å². The minimum atomic E-state index is -4.77. The molecule has 28 heavy (non-hydrogen) atoms. The molecule has 0 radical (unpaired) electrons. The molecule has 1 aromatic carbocycles. The Morgan fingerprint density at radius 1 is 1.29 bits per heavy atom. The molecule has 2 amide bonds. The van der Waals surface area contributed by atoms with Crippen molar-refractivity contribution in [1.82, 2.24) is 10.3 Å². The van der Waals surface area contributed by atoms with Gasteiger partial charge in [0.15, 0.2) is 5.13 Å².